The molecule has 0 spiro atoms. The largest absolute Gasteiger partial charge is 0.450 e. The van der Waals surface area contributed by atoms with Crippen molar-refractivity contribution in [2.45, 2.75) is 13.5 Å². The van der Waals surface area contributed by atoms with Crippen LogP contribution in [0.1, 0.15) is 12.5 Å². The third kappa shape index (κ3) is 4.45. The molecule has 1 rings (SSSR count). The average Bonchev–Trinajstić information content (AvgIpc) is 2.28. The summed E-state index contributed by atoms with van der Waals surface area (Å²) < 4.78 is 4.55. The van der Waals surface area contributed by atoms with E-state index in [9.17, 15) is 9.59 Å². The second kappa shape index (κ2) is 6.44. The molecule has 0 fully saturated rings. The minimum Gasteiger partial charge on any atom is -0.450 e. The summed E-state index contributed by atoms with van der Waals surface area (Å²) in [5.41, 5.74) is 0.960. The van der Waals surface area contributed by atoms with Crippen molar-refractivity contribution >= 4 is 12.1 Å². The van der Waals surface area contributed by atoms with Crippen LogP contribution in [0.5, 0.6) is 0 Å². The van der Waals surface area contributed by atoms with Crippen molar-refractivity contribution in [1.82, 2.24) is 10.6 Å². The number of imide groups is 1. The van der Waals surface area contributed by atoms with E-state index in [1.54, 1.807) is 6.92 Å². The molecule has 5 nitrogen and oxygen atoms in total. The number of rotatable bonds is 3. The first-order valence-electron chi connectivity index (χ1n) is 4.98. The average molecular weight is 222 g/mol. The van der Waals surface area contributed by atoms with Gasteiger partial charge in [-0.2, -0.15) is 0 Å². The second-order valence-corrected chi connectivity index (χ2v) is 3.01. The Balaban J connectivity index is 2.28. The predicted octanol–water partition coefficient (Wildman–Crippen LogP) is 1.64. The summed E-state index contributed by atoms with van der Waals surface area (Å²) in [7, 11) is 0. The molecule has 0 aliphatic heterocycles. The van der Waals surface area contributed by atoms with Gasteiger partial charge in [0.25, 0.3) is 0 Å². The molecule has 0 unspecified atom stereocenters. The van der Waals surface area contributed by atoms with Crippen molar-refractivity contribution in [2.24, 2.45) is 0 Å². The van der Waals surface area contributed by atoms with Crippen molar-refractivity contribution in [2.75, 3.05) is 6.61 Å². The van der Waals surface area contributed by atoms with Gasteiger partial charge in [0.15, 0.2) is 0 Å². The van der Waals surface area contributed by atoms with Gasteiger partial charge in [-0.05, 0) is 12.5 Å². The molecule has 0 heterocycles. The molecule has 3 amide bonds. The lowest BCUT2D eigenvalue weighted by atomic mass is 10.2. The molecule has 0 aromatic heterocycles. The van der Waals surface area contributed by atoms with Crippen LogP contribution in [0.4, 0.5) is 9.59 Å². The molecule has 5 heteroatoms. The fourth-order valence-corrected chi connectivity index (χ4v) is 1.08. The first kappa shape index (κ1) is 12.0. The first-order chi connectivity index (χ1) is 7.72. The molecular formula is C11H14N2O3. The predicted molar refractivity (Wildman–Crippen MR) is 58.8 cm³/mol. The van der Waals surface area contributed by atoms with E-state index >= 15 is 0 Å². The van der Waals surface area contributed by atoms with E-state index in [0.717, 1.165) is 5.56 Å². The minimum atomic E-state index is -0.743. The summed E-state index contributed by atoms with van der Waals surface area (Å²) in [6.07, 6.45) is -0.743. The van der Waals surface area contributed by atoms with Crippen LogP contribution in [0.25, 0.3) is 0 Å². The van der Waals surface area contributed by atoms with E-state index < -0.39 is 12.1 Å². The normalized spacial score (nSPS) is 9.31. The number of carbonyl (C=O) groups is 2. The van der Waals surface area contributed by atoms with Gasteiger partial charge in [0.05, 0.1) is 6.61 Å². The fourth-order valence-electron chi connectivity index (χ4n) is 1.08. The number of ether oxygens (including phenoxy) is 1. The van der Waals surface area contributed by atoms with Crippen LogP contribution in [0.15, 0.2) is 30.3 Å². The van der Waals surface area contributed by atoms with Gasteiger partial charge in [0, 0.05) is 6.54 Å². The Morgan fingerprint density at radius 2 is 1.94 bits per heavy atom. The SMILES string of the molecule is CCOC(=O)NC(=O)NCc1ccccc1. The van der Waals surface area contributed by atoms with Gasteiger partial charge >= 0.3 is 12.1 Å². The summed E-state index contributed by atoms with van der Waals surface area (Å²) in [6, 6.07) is 8.83. The summed E-state index contributed by atoms with van der Waals surface area (Å²) >= 11 is 0. The van der Waals surface area contributed by atoms with Gasteiger partial charge < -0.3 is 10.1 Å². The molecular weight excluding hydrogens is 208 g/mol. The third-order valence-corrected chi connectivity index (χ3v) is 1.79. The topological polar surface area (TPSA) is 67.4 Å². The quantitative estimate of drug-likeness (QED) is 0.817. The number of benzene rings is 1. The zero-order valence-electron chi connectivity index (χ0n) is 9.03. The molecule has 0 saturated carbocycles. The van der Waals surface area contributed by atoms with Crippen LogP contribution >= 0.6 is 0 Å². The number of hydrogen-bond acceptors (Lipinski definition) is 3. The molecule has 2 N–H and O–H groups in total. The van der Waals surface area contributed by atoms with E-state index in [1.807, 2.05) is 35.6 Å². The zero-order chi connectivity index (χ0) is 11.8. The molecule has 0 aliphatic carbocycles. The minimum absolute atomic E-state index is 0.234. The van der Waals surface area contributed by atoms with Gasteiger partial charge in [-0.1, -0.05) is 30.3 Å². The van der Waals surface area contributed by atoms with Gasteiger partial charge in [-0.25, -0.2) is 14.9 Å². The number of hydrogen-bond donors (Lipinski definition) is 2. The molecule has 0 bridgehead atoms. The van der Waals surface area contributed by atoms with Gasteiger partial charge in [-0.15, -0.1) is 0 Å². The summed E-state index contributed by atoms with van der Waals surface area (Å²) in [6.45, 7) is 2.27. The van der Waals surface area contributed by atoms with Crippen molar-refractivity contribution in [3.8, 4) is 0 Å². The number of urea groups is 1. The second-order valence-electron chi connectivity index (χ2n) is 3.01. The lowest BCUT2D eigenvalue weighted by molar-refractivity contribution is 0.153. The molecule has 16 heavy (non-hydrogen) atoms. The Morgan fingerprint density at radius 3 is 2.56 bits per heavy atom. The molecule has 0 aliphatic rings. The smallest absolute Gasteiger partial charge is 0.415 e. The molecule has 1 aromatic carbocycles. The number of alkyl carbamates (subject to hydrolysis) is 1. The lowest BCUT2D eigenvalue weighted by Gasteiger charge is -2.06. The number of carbonyl (C=O) groups excluding carboxylic acids is 2. The Hall–Kier alpha value is -2.04. The molecule has 0 radical (unpaired) electrons. The van der Waals surface area contributed by atoms with Crippen molar-refractivity contribution in [1.29, 1.82) is 0 Å². The van der Waals surface area contributed by atoms with E-state index in [4.69, 9.17) is 0 Å². The summed E-state index contributed by atoms with van der Waals surface area (Å²) in [4.78, 5) is 22.0. The van der Waals surface area contributed by atoms with Crippen molar-refractivity contribution in [3.05, 3.63) is 35.9 Å². The highest BCUT2D eigenvalue weighted by atomic mass is 16.5. The van der Waals surface area contributed by atoms with Crippen molar-refractivity contribution in [3.63, 3.8) is 0 Å². The summed E-state index contributed by atoms with van der Waals surface area (Å²) in [5.74, 6) is 0. The third-order valence-electron chi connectivity index (χ3n) is 1.79. The van der Waals surface area contributed by atoms with E-state index in [0.29, 0.717) is 6.54 Å². The standard InChI is InChI=1S/C11H14N2O3/c1-2-16-11(15)13-10(14)12-8-9-6-4-3-5-7-9/h3-7H,2,8H2,1H3,(H2,12,13,14,15). The highest BCUT2D eigenvalue weighted by molar-refractivity contribution is 5.90. The monoisotopic (exact) mass is 222 g/mol. The molecule has 1 aromatic rings. The van der Waals surface area contributed by atoms with E-state index in [2.05, 4.69) is 10.1 Å². The van der Waals surface area contributed by atoms with Crippen LogP contribution in [-0.4, -0.2) is 18.7 Å². The number of amides is 3. The molecule has 0 saturated heterocycles. The maximum Gasteiger partial charge on any atom is 0.415 e. The van der Waals surface area contributed by atoms with Gasteiger partial charge in [-0.3, -0.25) is 0 Å². The van der Waals surface area contributed by atoms with Crippen LogP contribution in [0.2, 0.25) is 0 Å². The zero-order valence-corrected chi connectivity index (χ0v) is 9.03. The maximum absolute atomic E-state index is 11.2. The van der Waals surface area contributed by atoms with Crippen molar-refractivity contribution < 1.29 is 14.3 Å². The number of nitrogens with one attached hydrogen (secondary N) is 2. The van der Waals surface area contributed by atoms with E-state index in [-0.39, 0.29) is 6.61 Å². The van der Waals surface area contributed by atoms with Crippen LogP contribution in [0, 0.1) is 0 Å². The fraction of sp³-hybridized carbons (Fsp3) is 0.273. The van der Waals surface area contributed by atoms with E-state index in [1.165, 1.54) is 0 Å². The van der Waals surface area contributed by atoms with Crippen LogP contribution in [0.3, 0.4) is 0 Å². The highest BCUT2D eigenvalue weighted by Gasteiger charge is 2.06. The molecule has 0 atom stereocenters. The maximum atomic E-state index is 11.2. The Labute approximate surface area is 93.8 Å². The lowest BCUT2D eigenvalue weighted by Crippen LogP contribution is -2.39. The Kier molecular flexibility index (Phi) is 4.85. The summed E-state index contributed by atoms with van der Waals surface area (Å²) in [5, 5.41) is 4.58. The Morgan fingerprint density at radius 1 is 1.25 bits per heavy atom. The molecule has 86 valence electrons. The first-order valence-corrected chi connectivity index (χ1v) is 4.98. The van der Waals surface area contributed by atoms with Crippen LogP contribution < -0.4 is 10.6 Å². The van der Waals surface area contributed by atoms with Gasteiger partial charge in [0.1, 0.15) is 0 Å². The Bertz CT molecular complexity index is 352. The van der Waals surface area contributed by atoms with Crippen LogP contribution in [-0.2, 0) is 11.3 Å². The highest BCUT2D eigenvalue weighted by Crippen LogP contribution is 1.96. The van der Waals surface area contributed by atoms with Gasteiger partial charge in [0.2, 0.25) is 0 Å².